The number of phenols is 1. The summed E-state index contributed by atoms with van der Waals surface area (Å²) in [6.45, 7) is -0.150. The van der Waals surface area contributed by atoms with Crippen molar-refractivity contribution in [2.45, 2.75) is 44.6 Å². The first-order valence-electron chi connectivity index (χ1n) is 6.27. The van der Waals surface area contributed by atoms with Crippen LogP contribution in [0.3, 0.4) is 0 Å². The predicted molar refractivity (Wildman–Crippen MR) is 66.4 cm³/mol. The second-order valence-electron chi connectivity index (χ2n) is 4.72. The number of methoxy groups -OCH3 is 1. The number of hydrogen-bond acceptors (Lipinski definition) is 3. The van der Waals surface area contributed by atoms with Crippen LogP contribution in [0.2, 0.25) is 0 Å². The number of aliphatic hydroxyl groups is 1. The minimum Gasteiger partial charge on any atom is -0.504 e. The van der Waals surface area contributed by atoms with Crippen molar-refractivity contribution in [3.8, 4) is 11.5 Å². The maximum absolute atomic E-state index is 9.83. The molecule has 94 valence electrons. The van der Waals surface area contributed by atoms with Crippen molar-refractivity contribution in [1.82, 2.24) is 0 Å². The van der Waals surface area contributed by atoms with Gasteiger partial charge in [0, 0.05) is 5.56 Å². The summed E-state index contributed by atoms with van der Waals surface area (Å²) in [5.41, 5.74) is 1.74. The van der Waals surface area contributed by atoms with Gasteiger partial charge in [-0.05, 0) is 36.5 Å². The fraction of sp³-hybridized carbons (Fsp3) is 0.571. The molecule has 0 aliphatic heterocycles. The van der Waals surface area contributed by atoms with E-state index in [2.05, 4.69) is 0 Å². The summed E-state index contributed by atoms with van der Waals surface area (Å²) in [4.78, 5) is 0. The van der Waals surface area contributed by atoms with E-state index >= 15 is 0 Å². The molecule has 1 aromatic rings. The lowest BCUT2D eigenvalue weighted by Crippen LogP contribution is -2.05. The Morgan fingerprint density at radius 1 is 1.24 bits per heavy atom. The van der Waals surface area contributed by atoms with Crippen molar-refractivity contribution in [2.75, 3.05) is 7.11 Å². The van der Waals surface area contributed by atoms with Gasteiger partial charge in [-0.1, -0.05) is 19.3 Å². The van der Waals surface area contributed by atoms with Crippen LogP contribution in [-0.4, -0.2) is 17.3 Å². The molecule has 3 nitrogen and oxygen atoms in total. The maximum Gasteiger partial charge on any atom is 0.163 e. The highest BCUT2D eigenvalue weighted by atomic mass is 16.5. The lowest BCUT2D eigenvalue weighted by Gasteiger charge is -2.23. The highest BCUT2D eigenvalue weighted by molar-refractivity contribution is 5.49. The van der Waals surface area contributed by atoms with Gasteiger partial charge in [0.15, 0.2) is 11.5 Å². The zero-order chi connectivity index (χ0) is 12.3. The molecule has 17 heavy (non-hydrogen) atoms. The van der Waals surface area contributed by atoms with E-state index in [0.29, 0.717) is 17.2 Å². The standard InChI is InChI=1S/C14H20O3/c1-17-13-8-11(7-12(9-15)14(13)16)10-5-3-2-4-6-10/h7-8,10,15-16H,2-6,9H2,1H3. The Bertz CT molecular complexity index is 356. The van der Waals surface area contributed by atoms with Crippen LogP contribution >= 0.6 is 0 Å². The van der Waals surface area contributed by atoms with Gasteiger partial charge in [0.25, 0.3) is 0 Å². The van der Waals surface area contributed by atoms with Crippen LogP contribution in [0, 0.1) is 0 Å². The number of aliphatic hydroxyl groups excluding tert-OH is 1. The van der Waals surface area contributed by atoms with Crippen LogP contribution < -0.4 is 4.74 Å². The van der Waals surface area contributed by atoms with Gasteiger partial charge in [-0.25, -0.2) is 0 Å². The Kier molecular flexibility index (Phi) is 3.89. The van der Waals surface area contributed by atoms with Gasteiger partial charge in [0.1, 0.15) is 0 Å². The molecule has 0 saturated heterocycles. The molecule has 0 aromatic heterocycles. The lowest BCUT2D eigenvalue weighted by molar-refractivity contribution is 0.272. The molecule has 0 amide bonds. The quantitative estimate of drug-likeness (QED) is 0.848. The first-order valence-corrected chi connectivity index (χ1v) is 6.27. The lowest BCUT2D eigenvalue weighted by atomic mass is 9.83. The Hall–Kier alpha value is -1.22. The van der Waals surface area contributed by atoms with Crippen LogP contribution in [0.5, 0.6) is 11.5 Å². The average molecular weight is 236 g/mol. The molecule has 3 heteroatoms. The number of aromatic hydroxyl groups is 1. The highest BCUT2D eigenvalue weighted by Gasteiger charge is 2.19. The molecule has 1 saturated carbocycles. The molecule has 1 aliphatic carbocycles. The van der Waals surface area contributed by atoms with Crippen molar-refractivity contribution >= 4 is 0 Å². The van der Waals surface area contributed by atoms with Gasteiger partial charge in [0.2, 0.25) is 0 Å². The van der Waals surface area contributed by atoms with Gasteiger partial charge < -0.3 is 14.9 Å². The normalized spacial score (nSPS) is 17.1. The zero-order valence-corrected chi connectivity index (χ0v) is 10.3. The van der Waals surface area contributed by atoms with Crippen LogP contribution in [-0.2, 0) is 6.61 Å². The Morgan fingerprint density at radius 2 is 1.94 bits per heavy atom. The number of ether oxygens (including phenoxy) is 1. The summed E-state index contributed by atoms with van der Waals surface area (Å²) in [5.74, 6) is 1.08. The fourth-order valence-electron chi connectivity index (χ4n) is 2.64. The van der Waals surface area contributed by atoms with Crippen LogP contribution in [0.4, 0.5) is 0 Å². The summed E-state index contributed by atoms with van der Waals surface area (Å²) in [7, 11) is 1.54. The molecule has 2 N–H and O–H groups in total. The summed E-state index contributed by atoms with van der Waals surface area (Å²) >= 11 is 0. The van der Waals surface area contributed by atoms with E-state index in [9.17, 15) is 10.2 Å². The molecule has 0 heterocycles. The van der Waals surface area contributed by atoms with E-state index in [0.717, 1.165) is 0 Å². The molecule has 0 atom stereocenters. The minimum atomic E-state index is -0.150. The van der Waals surface area contributed by atoms with E-state index in [-0.39, 0.29) is 12.4 Å². The largest absolute Gasteiger partial charge is 0.504 e. The molecule has 0 radical (unpaired) electrons. The molecule has 0 spiro atoms. The van der Waals surface area contributed by atoms with Crippen molar-refractivity contribution < 1.29 is 14.9 Å². The number of rotatable bonds is 3. The second-order valence-corrected chi connectivity index (χ2v) is 4.72. The minimum absolute atomic E-state index is 0.0644. The molecular formula is C14H20O3. The van der Waals surface area contributed by atoms with E-state index in [4.69, 9.17) is 4.74 Å². The molecular weight excluding hydrogens is 216 g/mol. The van der Waals surface area contributed by atoms with E-state index in [1.54, 1.807) is 7.11 Å². The summed E-state index contributed by atoms with van der Waals surface area (Å²) in [6.07, 6.45) is 6.24. The number of benzene rings is 1. The predicted octanol–water partition coefficient (Wildman–Crippen LogP) is 2.94. The molecule has 0 bridgehead atoms. The Morgan fingerprint density at radius 3 is 2.53 bits per heavy atom. The molecule has 0 unspecified atom stereocenters. The van der Waals surface area contributed by atoms with Crippen molar-refractivity contribution in [2.24, 2.45) is 0 Å². The molecule has 1 aromatic carbocycles. The van der Waals surface area contributed by atoms with Crippen LogP contribution in [0.25, 0.3) is 0 Å². The maximum atomic E-state index is 9.83. The second kappa shape index (κ2) is 5.41. The topological polar surface area (TPSA) is 49.7 Å². The van der Waals surface area contributed by atoms with Crippen molar-refractivity contribution in [3.63, 3.8) is 0 Å². The fourth-order valence-corrected chi connectivity index (χ4v) is 2.64. The van der Waals surface area contributed by atoms with Crippen LogP contribution in [0.15, 0.2) is 12.1 Å². The van der Waals surface area contributed by atoms with Gasteiger partial charge in [-0.2, -0.15) is 0 Å². The van der Waals surface area contributed by atoms with Crippen LogP contribution in [0.1, 0.15) is 49.1 Å². The van der Waals surface area contributed by atoms with Gasteiger partial charge in [0.05, 0.1) is 13.7 Å². The zero-order valence-electron chi connectivity index (χ0n) is 10.3. The average Bonchev–Trinajstić information content (AvgIpc) is 2.40. The van der Waals surface area contributed by atoms with Gasteiger partial charge >= 0.3 is 0 Å². The number of hydrogen-bond donors (Lipinski definition) is 2. The third-order valence-corrected chi connectivity index (χ3v) is 3.64. The first-order chi connectivity index (χ1) is 8.26. The molecule has 1 fully saturated rings. The SMILES string of the molecule is COc1cc(C2CCCCC2)cc(CO)c1O. The first kappa shape index (κ1) is 12.2. The third-order valence-electron chi connectivity index (χ3n) is 3.64. The van der Waals surface area contributed by atoms with E-state index in [1.165, 1.54) is 37.7 Å². The van der Waals surface area contributed by atoms with Crippen molar-refractivity contribution in [1.29, 1.82) is 0 Å². The summed E-state index contributed by atoms with van der Waals surface area (Å²) in [5, 5.41) is 19.1. The highest BCUT2D eigenvalue weighted by Crippen LogP contribution is 2.38. The summed E-state index contributed by atoms with van der Waals surface area (Å²) in [6, 6.07) is 3.82. The van der Waals surface area contributed by atoms with Crippen molar-refractivity contribution in [3.05, 3.63) is 23.3 Å². The summed E-state index contributed by atoms with van der Waals surface area (Å²) < 4.78 is 5.16. The van der Waals surface area contributed by atoms with E-state index < -0.39 is 0 Å². The Balaban J connectivity index is 2.33. The molecule has 2 rings (SSSR count). The monoisotopic (exact) mass is 236 g/mol. The smallest absolute Gasteiger partial charge is 0.163 e. The van der Waals surface area contributed by atoms with Gasteiger partial charge in [-0.3, -0.25) is 0 Å². The molecule has 1 aliphatic rings. The van der Waals surface area contributed by atoms with E-state index in [1.807, 2.05) is 12.1 Å². The third kappa shape index (κ3) is 2.55. The van der Waals surface area contributed by atoms with Gasteiger partial charge in [-0.15, -0.1) is 0 Å². The Labute approximate surface area is 102 Å².